The maximum absolute atomic E-state index is 12.1. The van der Waals surface area contributed by atoms with Crippen molar-refractivity contribution in [2.75, 3.05) is 7.11 Å². The van der Waals surface area contributed by atoms with Gasteiger partial charge in [0.2, 0.25) is 5.91 Å². The average molecular weight is 292 g/mol. The summed E-state index contributed by atoms with van der Waals surface area (Å²) in [7, 11) is 1.65. The Morgan fingerprint density at radius 1 is 1.14 bits per heavy atom. The van der Waals surface area contributed by atoms with Crippen LogP contribution in [0.4, 0.5) is 0 Å². The molecule has 0 fully saturated rings. The van der Waals surface area contributed by atoms with E-state index in [1.165, 1.54) is 0 Å². The summed E-state index contributed by atoms with van der Waals surface area (Å²) in [6.07, 6.45) is 1.92. The predicted octanol–water partition coefficient (Wildman–Crippen LogP) is 3.04. The Balaban J connectivity index is 2.55. The van der Waals surface area contributed by atoms with Crippen LogP contribution >= 0.6 is 0 Å². The van der Waals surface area contributed by atoms with Gasteiger partial charge >= 0.3 is 0 Å². The van der Waals surface area contributed by atoms with Gasteiger partial charge in [0.15, 0.2) is 0 Å². The summed E-state index contributed by atoms with van der Waals surface area (Å²) in [4.78, 5) is 12.1. The summed E-state index contributed by atoms with van der Waals surface area (Å²) < 4.78 is 5.15. The monoisotopic (exact) mass is 292 g/mol. The first-order valence-electron chi connectivity index (χ1n) is 7.72. The molecule has 0 radical (unpaired) electrons. The summed E-state index contributed by atoms with van der Waals surface area (Å²) in [6, 6.07) is 8.05. The van der Waals surface area contributed by atoms with Crippen LogP contribution in [-0.2, 0) is 4.79 Å². The number of amides is 1. The van der Waals surface area contributed by atoms with Gasteiger partial charge in [0.1, 0.15) is 5.75 Å². The molecule has 118 valence electrons. The van der Waals surface area contributed by atoms with Crippen molar-refractivity contribution in [1.29, 1.82) is 0 Å². The third-order valence-electron chi connectivity index (χ3n) is 3.84. The van der Waals surface area contributed by atoms with Crippen molar-refractivity contribution in [2.24, 2.45) is 0 Å². The zero-order chi connectivity index (χ0) is 15.8. The van der Waals surface area contributed by atoms with Crippen LogP contribution in [0.15, 0.2) is 24.3 Å². The lowest BCUT2D eigenvalue weighted by molar-refractivity contribution is -0.123. The van der Waals surface area contributed by atoms with Gasteiger partial charge in [-0.05, 0) is 44.4 Å². The van der Waals surface area contributed by atoms with Crippen LogP contribution in [0.1, 0.15) is 52.1 Å². The first-order chi connectivity index (χ1) is 10.0. The number of benzene rings is 1. The van der Waals surface area contributed by atoms with Crippen LogP contribution in [0.2, 0.25) is 0 Å². The molecule has 4 heteroatoms. The van der Waals surface area contributed by atoms with E-state index in [-0.39, 0.29) is 24.0 Å². The second-order valence-corrected chi connectivity index (χ2v) is 5.41. The Bertz CT molecular complexity index is 427. The highest BCUT2D eigenvalue weighted by molar-refractivity contribution is 5.81. The van der Waals surface area contributed by atoms with E-state index in [0.29, 0.717) is 0 Å². The van der Waals surface area contributed by atoms with E-state index < -0.39 is 0 Å². The lowest BCUT2D eigenvalue weighted by Crippen LogP contribution is -2.46. The smallest absolute Gasteiger partial charge is 0.237 e. The minimum atomic E-state index is -0.220. The molecule has 0 bridgehead atoms. The second-order valence-electron chi connectivity index (χ2n) is 5.41. The Kier molecular flexibility index (Phi) is 7.23. The van der Waals surface area contributed by atoms with E-state index in [0.717, 1.165) is 24.2 Å². The molecule has 0 aliphatic rings. The van der Waals surface area contributed by atoms with Gasteiger partial charge in [-0.15, -0.1) is 0 Å². The molecular weight excluding hydrogens is 264 g/mol. The largest absolute Gasteiger partial charge is 0.497 e. The first-order valence-corrected chi connectivity index (χ1v) is 7.72. The normalized spacial score (nSPS) is 13.8. The molecule has 0 heterocycles. The van der Waals surface area contributed by atoms with Crippen LogP contribution in [0.3, 0.4) is 0 Å². The molecule has 0 spiro atoms. The molecule has 4 nitrogen and oxygen atoms in total. The molecule has 1 aromatic rings. The van der Waals surface area contributed by atoms with Crippen LogP contribution in [0, 0.1) is 0 Å². The quantitative estimate of drug-likeness (QED) is 0.774. The Labute approximate surface area is 128 Å². The van der Waals surface area contributed by atoms with Crippen molar-refractivity contribution < 1.29 is 9.53 Å². The van der Waals surface area contributed by atoms with Gasteiger partial charge in [-0.2, -0.15) is 0 Å². The number of hydrogen-bond donors (Lipinski definition) is 2. The SMILES string of the molecule is CCC(CC)NC(=O)C(C)NC(C)c1ccc(OC)cc1. The topological polar surface area (TPSA) is 50.4 Å². The molecule has 2 unspecified atom stereocenters. The van der Waals surface area contributed by atoms with E-state index in [2.05, 4.69) is 31.4 Å². The van der Waals surface area contributed by atoms with Crippen LogP contribution in [0.25, 0.3) is 0 Å². The Morgan fingerprint density at radius 2 is 1.71 bits per heavy atom. The van der Waals surface area contributed by atoms with E-state index in [1.54, 1.807) is 7.11 Å². The first kappa shape index (κ1) is 17.5. The zero-order valence-electron chi connectivity index (χ0n) is 13.8. The Hall–Kier alpha value is -1.55. The molecule has 1 aromatic carbocycles. The fraction of sp³-hybridized carbons (Fsp3) is 0.588. The summed E-state index contributed by atoms with van der Waals surface area (Å²) >= 11 is 0. The average Bonchev–Trinajstić information content (AvgIpc) is 2.52. The van der Waals surface area contributed by atoms with Crippen molar-refractivity contribution in [1.82, 2.24) is 10.6 Å². The van der Waals surface area contributed by atoms with Crippen molar-refractivity contribution in [3.63, 3.8) is 0 Å². The fourth-order valence-electron chi connectivity index (χ4n) is 2.26. The van der Waals surface area contributed by atoms with Gasteiger partial charge in [-0.25, -0.2) is 0 Å². The summed E-state index contributed by atoms with van der Waals surface area (Å²) in [5.74, 6) is 0.898. The molecule has 0 aromatic heterocycles. The number of hydrogen-bond acceptors (Lipinski definition) is 3. The Morgan fingerprint density at radius 3 is 2.19 bits per heavy atom. The molecule has 1 rings (SSSR count). The maximum atomic E-state index is 12.1. The highest BCUT2D eigenvalue weighted by atomic mass is 16.5. The van der Waals surface area contributed by atoms with E-state index in [9.17, 15) is 4.79 Å². The van der Waals surface area contributed by atoms with Crippen LogP contribution in [0.5, 0.6) is 5.75 Å². The summed E-state index contributed by atoms with van der Waals surface area (Å²) in [6.45, 7) is 8.14. The van der Waals surface area contributed by atoms with Gasteiger partial charge in [0, 0.05) is 12.1 Å². The number of nitrogens with one attached hydrogen (secondary N) is 2. The minimum Gasteiger partial charge on any atom is -0.497 e. The highest BCUT2D eigenvalue weighted by Gasteiger charge is 2.18. The highest BCUT2D eigenvalue weighted by Crippen LogP contribution is 2.17. The molecular formula is C17H28N2O2. The van der Waals surface area contributed by atoms with Gasteiger partial charge in [-0.1, -0.05) is 26.0 Å². The zero-order valence-corrected chi connectivity index (χ0v) is 13.8. The number of rotatable bonds is 8. The fourth-order valence-corrected chi connectivity index (χ4v) is 2.26. The number of carbonyl (C=O) groups excluding carboxylic acids is 1. The van der Waals surface area contributed by atoms with Crippen molar-refractivity contribution in [3.05, 3.63) is 29.8 Å². The van der Waals surface area contributed by atoms with Gasteiger partial charge in [0.05, 0.1) is 13.2 Å². The van der Waals surface area contributed by atoms with E-state index in [1.807, 2.05) is 31.2 Å². The third-order valence-corrected chi connectivity index (χ3v) is 3.84. The molecule has 0 saturated heterocycles. The molecule has 0 aliphatic carbocycles. The number of carbonyl (C=O) groups is 1. The van der Waals surface area contributed by atoms with Crippen molar-refractivity contribution >= 4 is 5.91 Å². The maximum Gasteiger partial charge on any atom is 0.237 e. The van der Waals surface area contributed by atoms with Crippen molar-refractivity contribution in [2.45, 2.75) is 58.7 Å². The number of ether oxygens (including phenoxy) is 1. The summed E-state index contributed by atoms with van der Waals surface area (Å²) in [5, 5.41) is 6.40. The lowest BCUT2D eigenvalue weighted by Gasteiger charge is -2.22. The van der Waals surface area contributed by atoms with E-state index >= 15 is 0 Å². The molecule has 0 saturated carbocycles. The predicted molar refractivity (Wildman–Crippen MR) is 86.5 cm³/mol. The van der Waals surface area contributed by atoms with Crippen LogP contribution in [-0.4, -0.2) is 25.1 Å². The molecule has 2 atom stereocenters. The molecule has 2 N–H and O–H groups in total. The van der Waals surface area contributed by atoms with Gasteiger partial charge in [0.25, 0.3) is 0 Å². The lowest BCUT2D eigenvalue weighted by atomic mass is 10.1. The molecule has 21 heavy (non-hydrogen) atoms. The third kappa shape index (κ3) is 5.38. The van der Waals surface area contributed by atoms with E-state index in [4.69, 9.17) is 4.74 Å². The summed E-state index contributed by atoms with van der Waals surface area (Å²) in [5.41, 5.74) is 1.14. The van der Waals surface area contributed by atoms with Gasteiger partial charge in [-0.3, -0.25) is 10.1 Å². The molecule has 0 aliphatic heterocycles. The van der Waals surface area contributed by atoms with Gasteiger partial charge < -0.3 is 10.1 Å². The van der Waals surface area contributed by atoms with Crippen molar-refractivity contribution in [3.8, 4) is 5.75 Å². The minimum absolute atomic E-state index is 0.0593. The number of methoxy groups -OCH3 is 1. The molecule has 1 amide bonds. The standard InChI is InChI=1S/C17H28N2O2/c1-6-15(7-2)19-17(20)13(4)18-12(3)14-8-10-16(21-5)11-9-14/h8-13,15,18H,6-7H2,1-5H3,(H,19,20). The second kappa shape index (κ2) is 8.67. The van der Waals surface area contributed by atoms with Crippen LogP contribution < -0.4 is 15.4 Å².